The van der Waals surface area contributed by atoms with E-state index in [1.165, 1.54) is 6.92 Å². The Morgan fingerprint density at radius 3 is 2.41 bits per heavy atom. The van der Waals surface area contributed by atoms with Crippen LogP contribution < -0.4 is 5.32 Å². The van der Waals surface area contributed by atoms with Gasteiger partial charge in [-0.1, -0.05) is 0 Å². The van der Waals surface area contributed by atoms with Gasteiger partial charge in [0, 0.05) is 24.1 Å². The summed E-state index contributed by atoms with van der Waals surface area (Å²) in [5, 5.41) is 32.4. The monoisotopic (exact) mass is 357 g/mol. The van der Waals surface area contributed by atoms with E-state index >= 15 is 0 Å². The highest BCUT2D eigenvalue weighted by atomic mass is 32.2. The first-order chi connectivity index (χ1) is 10.1. The molecule has 0 radical (unpaired) electrons. The van der Waals surface area contributed by atoms with Crippen molar-refractivity contribution in [1.82, 2.24) is 5.32 Å². The first-order valence-electron chi connectivity index (χ1n) is 7.06. The van der Waals surface area contributed by atoms with Gasteiger partial charge in [-0.3, -0.25) is 0 Å². The summed E-state index contributed by atoms with van der Waals surface area (Å²) in [6, 6.07) is -0.479. The molecule has 0 saturated carbocycles. The second-order valence-electron chi connectivity index (χ2n) is 5.92. The molecule has 2 aliphatic rings. The Morgan fingerprint density at radius 1 is 1.27 bits per heavy atom. The van der Waals surface area contributed by atoms with Crippen molar-refractivity contribution in [2.75, 3.05) is 12.8 Å². The predicted octanol–water partition coefficient (Wildman–Crippen LogP) is -2.14. The van der Waals surface area contributed by atoms with Crippen LogP contribution in [0.25, 0.3) is 0 Å². The zero-order valence-corrected chi connectivity index (χ0v) is 14.1. The van der Waals surface area contributed by atoms with Crippen molar-refractivity contribution in [3.05, 3.63) is 0 Å². The maximum absolute atomic E-state index is 12.0. The van der Waals surface area contributed by atoms with E-state index in [1.54, 1.807) is 0 Å². The SMILES string of the molecule is CC1OC(OC(C2CC(S)CN2)S(C)(=O)=O)C(O)C(O)C1O. The van der Waals surface area contributed by atoms with Gasteiger partial charge in [0.25, 0.3) is 0 Å². The molecule has 2 heterocycles. The molecule has 8 nitrogen and oxygen atoms in total. The van der Waals surface area contributed by atoms with E-state index in [0.717, 1.165) is 6.26 Å². The number of aliphatic hydroxyl groups is 3. The van der Waals surface area contributed by atoms with E-state index in [1.807, 2.05) is 0 Å². The van der Waals surface area contributed by atoms with Crippen LogP contribution in [0.1, 0.15) is 13.3 Å². The molecule has 2 fully saturated rings. The number of rotatable bonds is 4. The van der Waals surface area contributed by atoms with Gasteiger partial charge >= 0.3 is 0 Å². The normalized spacial score (nSPS) is 44.9. The number of sulfone groups is 1. The lowest BCUT2D eigenvalue weighted by Crippen LogP contribution is -2.59. The summed E-state index contributed by atoms with van der Waals surface area (Å²) >= 11 is 4.30. The van der Waals surface area contributed by atoms with Crippen molar-refractivity contribution in [1.29, 1.82) is 0 Å². The lowest BCUT2D eigenvalue weighted by Gasteiger charge is -2.40. The molecule has 10 heteroatoms. The lowest BCUT2D eigenvalue weighted by molar-refractivity contribution is -0.298. The number of aliphatic hydroxyl groups excluding tert-OH is 3. The second-order valence-corrected chi connectivity index (χ2v) is 8.77. The summed E-state index contributed by atoms with van der Waals surface area (Å²) in [7, 11) is -3.60. The first-order valence-corrected chi connectivity index (χ1v) is 9.53. The minimum absolute atomic E-state index is 0.0152. The van der Waals surface area contributed by atoms with Crippen molar-refractivity contribution in [2.45, 2.75) is 60.8 Å². The van der Waals surface area contributed by atoms with Crippen molar-refractivity contribution >= 4 is 22.5 Å². The molecule has 0 aliphatic carbocycles. The topological polar surface area (TPSA) is 125 Å². The predicted molar refractivity (Wildman–Crippen MR) is 81.3 cm³/mol. The van der Waals surface area contributed by atoms with Gasteiger partial charge in [-0.15, -0.1) is 0 Å². The Labute approximate surface area is 135 Å². The molecule has 2 saturated heterocycles. The molecule has 8 atom stereocenters. The highest BCUT2D eigenvalue weighted by Gasteiger charge is 2.46. The quantitative estimate of drug-likeness (QED) is 0.361. The van der Waals surface area contributed by atoms with Crippen LogP contribution in [-0.2, 0) is 19.3 Å². The van der Waals surface area contributed by atoms with E-state index in [-0.39, 0.29) is 5.25 Å². The summed E-state index contributed by atoms with van der Waals surface area (Å²) in [4.78, 5) is 0. The summed E-state index contributed by atoms with van der Waals surface area (Å²) < 4.78 is 34.7. The van der Waals surface area contributed by atoms with E-state index in [0.29, 0.717) is 13.0 Å². The van der Waals surface area contributed by atoms with Crippen LogP contribution in [0.5, 0.6) is 0 Å². The molecular formula is C12H23NO7S2. The van der Waals surface area contributed by atoms with Crippen LogP contribution in [0, 0.1) is 0 Å². The fraction of sp³-hybridized carbons (Fsp3) is 1.00. The molecule has 22 heavy (non-hydrogen) atoms. The van der Waals surface area contributed by atoms with Gasteiger partial charge in [-0.05, 0) is 13.3 Å². The van der Waals surface area contributed by atoms with Crippen LogP contribution in [0.3, 0.4) is 0 Å². The van der Waals surface area contributed by atoms with E-state index < -0.39 is 52.0 Å². The molecule has 0 bridgehead atoms. The number of ether oxygens (including phenoxy) is 2. The average molecular weight is 357 g/mol. The minimum Gasteiger partial charge on any atom is -0.388 e. The van der Waals surface area contributed by atoms with Gasteiger partial charge < -0.3 is 30.1 Å². The Hall–Kier alpha value is 0.0600. The Bertz CT molecular complexity index is 488. The zero-order chi connectivity index (χ0) is 16.7. The number of hydrogen-bond donors (Lipinski definition) is 5. The van der Waals surface area contributed by atoms with Crippen LogP contribution in [-0.4, -0.2) is 84.0 Å². The average Bonchev–Trinajstić information content (AvgIpc) is 2.83. The third-order valence-electron chi connectivity index (χ3n) is 3.97. The van der Waals surface area contributed by atoms with Crippen LogP contribution >= 0.6 is 12.6 Å². The summed E-state index contributed by atoms with van der Waals surface area (Å²) in [5.41, 5.74) is -1.24. The highest BCUT2D eigenvalue weighted by Crippen LogP contribution is 2.27. The van der Waals surface area contributed by atoms with Crippen LogP contribution in [0.15, 0.2) is 0 Å². The van der Waals surface area contributed by atoms with Gasteiger partial charge in [0.2, 0.25) is 0 Å². The Kier molecular flexibility index (Phi) is 5.77. The van der Waals surface area contributed by atoms with E-state index in [9.17, 15) is 23.7 Å². The molecular weight excluding hydrogens is 334 g/mol. The molecule has 0 spiro atoms. The van der Waals surface area contributed by atoms with Gasteiger partial charge in [-0.25, -0.2) is 8.42 Å². The number of nitrogens with one attached hydrogen (secondary N) is 1. The van der Waals surface area contributed by atoms with E-state index in [2.05, 4.69) is 17.9 Å². The lowest BCUT2D eigenvalue weighted by atomic mass is 10.00. The summed E-state index contributed by atoms with van der Waals surface area (Å²) in [6.07, 6.45) is -4.88. The maximum atomic E-state index is 12.0. The van der Waals surface area contributed by atoms with Gasteiger partial charge in [0.15, 0.2) is 21.6 Å². The third-order valence-corrected chi connectivity index (χ3v) is 5.65. The smallest absolute Gasteiger partial charge is 0.188 e. The molecule has 8 unspecified atom stereocenters. The van der Waals surface area contributed by atoms with Gasteiger partial charge in [0.1, 0.15) is 18.3 Å². The fourth-order valence-corrected chi connectivity index (χ4v) is 4.15. The third kappa shape index (κ3) is 3.93. The molecule has 0 aromatic rings. The van der Waals surface area contributed by atoms with Crippen molar-refractivity contribution in [2.24, 2.45) is 0 Å². The number of hydrogen-bond acceptors (Lipinski definition) is 9. The Morgan fingerprint density at radius 2 is 1.91 bits per heavy atom. The fourth-order valence-electron chi connectivity index (χ4n) is 2.71. The Balaban J connectivity index is 2.13. The molecule has 0 aromatic carbocycles. The highest BCUT2D eigenvalue weighted by molar-refractivity contribution is 7.91. The van der Waals surface area contributed by atoms with Crippen LogP contribution in [0.4, 0.5) is 0 Å². The largest absolute Gasteiger partial charge is 0.388 e. The minimum atomic E-state index is -3.60. The first kappa shape index (κ1) is 18.4. The van der Waals surface area contributed by atoms with Crippen molar-refractivity contribution in [3.63, 3.8) is 0 Å². The summed E-state index contributed by atoms with van der Waals surface area (Å²) in [5.74, 6) is 0. The van der Waals surface area contributed by atoms with E-state index in [4.69, 9.17) is 9.47 Å². The second kappa shape index (κ2) is 6.89. The molecule has 2 aliphatic heterocycles. The molecule has 4 N–H and O–H groups in total. The summed E-state index contributed by atoms with van der Waals surface area (Å²) in [6.45, 7) is 2.05. The zero-order valence-electron chi connectivity index (χ0n) is 12.4. The van der Waals surface area contributed by atoms with Gasteiger partial charge in [-0.2, -0.15) is 12.6 Å². The number of thiol groups is 1. The molecule has 130 valence electrons. The maximum Gasteiger partial charge on any atom is 0.188 e. The molecule has 0 amide bonds. The van der Waals surface area contributed by atoms with Crippen molar-refractivity contribution in [3.8, 4) is 0 Å². The standard InChI is InChI=1S/C12H23NO7S2/c1-5-8(14)9(15)10(16)11(19-5)20-12(22(2,17)18)7-3-6(21)4-13-7/h5-16,21H,3-4H2,1-2H3. The van der Waals surface area contributed by atoms with Crippen molar-refractivity contribution < 1.29 is 33.2 Å². The van der Waals surface area contributed by atoms with Crippen LogP contribution in [0.2, 0.25) is 0 Å². The molecule has 2 rings (SSSR count). The molecule has 0 aromatic heterocycles. The van der Waals surface area contributed by atoms with Gasteiger partial charge in [0.05, 0.1) is 6.10 Å².